The Kier molecular flexibility index (Phi) is 4.97. The zero-order valence-electron chi connectivity index (χ0n) is 16.2. The summed E-state index contributed by atoms with van der Waals surface area (Å²) in [6, 6.07) is 22.2. The van der Waals surface area contributed by atoms with Crippen molar-refractivity contribution in [3.63, 3.8) is 0 Å². The summed E-state index contributed by atoms with van der Waals surface area (Å²) in [5.41, 5.74) is 6.51. The third kappa shape index (κ3) is 3.69. The lowest BCUT2D eigenvalue weighted by Gasteiger charge is -2.08. The van der Waals surface area contributed by atoms with Gasteiger partial charge in [0.1, 0.15) is 0 Å². The largest absolute Gasteiger partial charge is 0.249 e. The number of aromatic nitrogens is 2. The number of rotatable bonds is 4. The van der Waals surface area contributed by atoms with Gasteiger partial charge < -0.3 is 0 Å². The molecule has 3 aromatic carbocycles. The molecule has 1 heterocycles. The summed E-state index contributed by atoms with van der Waals surface area (Å²) in [5.74, 6) is 0. The molecule has 0 aliphatic carbocycles. The first-order valence-electron chi connectivity index (χ1n) is 9.22. The van der Waals surface area contributed by atoms with E-state index in [1.54, 1.807) is 0 Å². The van der Waals surface area contributed by atoms with E-state index in [9.17, 15) is 4.21 Å². The normalized spacial score (nSPS) is 12.1. The van der Waals surface area contributed by atoms with Gasteiger partial charge >= 0.3 is 0 Å². The van der Waals surface area contributed by atoms with Gasteiger partial charge in [0.15, 0.2) is 0 Å². The van der Waals surface area contributed by atoms with E-state index in [1.807, 2.05) is 73.4 Å². The van der Waals surface area contributed by atoms with Crippen LogP contribution in [0.3, 0.4) is 0 Å². The lowest BCUT2D eigenvalue weighted by Crippen LogP contribution is -1.96. The molecule has 1 aromatic heterocycles. The van der Waals surface area contributed by atoms with E-state index < -0.39 is 10.8 Å². The minimum Gasteiger partial charge on any atom is -0.249 e. The van der Waals surface area contributed by atoms with Crippen molar-refractivity contribution >= 4 is 10.8 Å². The van der Waals surface area contributed by atoms with Crippen LogP contribution in [0.2, 0.25) is 0 Å². The zero-order valence-corrected chi connectivity index (χ0v) is 17.0. The van der Waals surface area contributed by atoms with Crippen molar-refractivity contribution in [2.45, 2.75) is 30.6 Å². The number of benzene rings is 3. The highest BCUT2D eigenvalue weighted by atomic mass is 32.2. The predicted molar refractivity (Wildman–Crippen MR) is 114 cm³/mol. The van der Waals surface area contributed by atoms with Crippen molar-refractivity contribution in [3.05, 3.63) is 95.8 Å². The molecule has 4 aromatic rings. The molecule has 140 valence electrons. The molecular weight excluding hydrogens is 364 g/mol. The maximum atomic E-state index is 13.0. The first kappa shape index (κ1) is 18.4. The summed E-state index contributed by atoms with van der Waals surface area (Å²) in [7, 11) is -1.18. The monoisotopic (exact) mass is 386 g/mol. The van der Waals surface area contributed by atoms with Gasteiger partial charge in [0.2, 0.25) is 0 Å². The van der Waals surface area contributed by atoms with Crippen molar-refractivity contribution in [3.8, 4) is 16.8 Å². The predicted octanol–water partition coefficient (Wildman–Crippen LogP) is 5.63. The zero-order chi connectivity index (χ0) is 19.7. The Balaban J connectivity index is 1.59. The molecule has 4 rings (SSSR count). The summed E-state index contributed by atoms with van der Waals surface area (Å²) in [5, 5.41) is 4.48. The number of hydrogen-bond donors (Lipinski definition) is 0. The maximum absolute atomic E-state index is 13.0. The standard InChI is InChI=1S/C24H22N2OS/c1-17-5-10-22(11-6-17)26-16-21(15-25-26)20-8-12-23(13-9-20)28(27)24-14-18(2)4-7-19(24)3/h4-16H,1-3H3. The van der Waals surface area contributed by atoms with E-state index in [1.165, 1.54) is 5.56 Å². The second kappa shape index (κ2) is 7.56. The van der Waals surface area contributed by atoms with Gasteiger partial charge in [-0.1, -0.05) is 42.0 Å². The fraction of sp³-hybridized carbons (Fsp3) is 0.125. The second-order valence-electron chi connectivity index (χ2n) is 7.07. The summed E-state index contributed by atoms with van der Waals surface area (Å²) in [6.45, 7) is 6.09. The van der Waals surface area contributed by atoms with Crippen molar-refractivity contribution in [1.29, 1.82) is 0 Å². The smallest absolute Gasteiger partial charge is 0.0852 e. The van der Waals surface area contributed by atoms with Crippen LogP contribution in [0.4, 0.5) is 0 Å². The van der Waals surface area contributed by atoms with E-state index in [0.29, 0.717) is 0 Å². The first-order valence-corrected chi connectivity index (χ1v) is 10.4. The Morgan fingerprint density at radius 1 is 0.786 bits per heavy atom. The summed E-state index contributed by atoms with van der Waals surface area (Å²) in [4.78, 5) is 1.68. The van der Waals surface area contributed by atoms with E-state index in [-0.39, 0.29) is 0 Å². The third-order valence-electron chi connectivity index (χ3n) is 4.83. The Hall–Kier alpha value is -2.98. The lowest BCUT2D eigenvalue weighted by molar-refractivity contribution is 0.682. The molecule has 0 saturated heterocycles. The Morgan fingerprint density at radius 3 is 2.18 bits per heavy atom. The molecule has 0 aliphatic rings. The van der Waals surface area contributed by atoms with Crippen molar-refractivity contribution < 1.29 is 4.21 Å². The minimum absolute atomic E-state index is 0.809. The van der Waals surface area contributed by atoms with Gasteiger partial charge in [-0.25, -0.2) is 8.89 Å². The van der Waals surface area contributed by atoms with Crippen LogP contribution in [-0.4, -0.2) is 14.0 Å². The molecule has 0 fully saturated rings. The van der Waals surface area contributed by atoms with Crippen molar-refractivity contribution in [1.82, 2.24) is 9.78 Å². The van der Waals surface area contributed by atoms with Crippen LogP contribution in [0.5, 0.6) is 0 Å². The van der Waals surface area contributed by atoms with E-state index in [0.717, 1.165) is 37.7 Å². The van der Waals surface area contributed by atoms with Gasteiger partial charge in [-0.2, -0.15) is 5.10 Å². The van der Waals surface area contributed by atoms with Crippen LogP contribution in [0.15, 0.2) is 88.9 Å². The Labute approximate surface area is 168 Å². The molecule has 3 nitrogen and oxygen atoms in total. The number of hydrogen-bond acceptors (Lipinski definition) is 2. The SMILES string of the molecule is Cc1ccc(-n2cc(-c3ccc(S(=O)c4cc(C)ccc4C)cc3)cn2)cc1. The average Bonchev–Trinajstić information content (AvgIpc) is 3.20. The van der Waals surface area contributed by atoms with Gasteiger partial charge in [0.25, 0.3) is 0 Å². The van der Waals surface area contributed by atoms with Gasteiger partial charge in [0.05, 0.1) is 22.7 Å². The molecular formula is C24H22N2OS. The topological polar surface area (TPSA) is 34.9 Å². The highest BCUT2D eigenvalue weighted by molar-refractivity contribution is 7.85. The highest BCUT2D eigenvalue weighted by Gasteiger charge is 2.11. The molecule has 1 atom stereocenters. The third-order valence-corrected chi connectivity index (χ3v) is 6.37. The molecule has 0 aliphatic heterocycles. The number of aryl methyl sites for hydroxylation is 3. The summed E-state index contributed by atoms with van der Waals surface area (Å²) < 4.78 is 14.9. The quantitative estimate of drug-likeness (QED) is 0.455. The molecule has 0 N–H and O–H groups in total. The Morgan fingerprint density at radius 2 is 1.46 bits per heavy atom. The molecule has 4 heteroatoms. The van der Waals surface area contributed by atoms with Gasteiger partial charge in [-0.3, -0.25) is 0 Å². The molecule has 0 saturated carbocycles. The van der Waals surface area contributed by atoms with Crippen LogP contribution < -0.4 is 0 Å². The van der Waals surface area contributed by atoms with Crippen molar-refractivity contribution in [2.75, 3.05) is 0 Å². The lowest BCUT2D eigenvalue weighted by atomic mass is 10.1. The average molecular weight is 387 g/mol. The number of nitrogens with zero attached hydrogens (tertiary/aromatic N) is 2. The molecule has 0 radical (unpaired) electrons. The van der Waals surface area contributed by atoms with E-state index in [4.69, 9.17) is 0 Å². The van der Waals surface area contributed by atoms with E-state index in [2.05, 4.69) is 36.3 Å². The summed E-state index contributed by atoms with van der Waals surface area (Å²) in [6.07, 6.45) is 3.87. The second-order valence-corrected chi connectivity index (χ2v) is 8.52. The fourth-order valence-electron chi connectivity index (χ4n) is 3.12. The summed E-state index contributed by atoms with van der Waals surface area (Å²) >= 11 is 0. The Bertz CT molecular complexity index is 1140. The fourth-order valence-corrected chi connectivity index (χ4v) is 4.41. The van der Waals surface area contributed by atoms with Crippen LogP contribution in [0.25, 0.3) is 16.8 Å². The molecule has 28 heavy (non-hydrogen) atoms. The molecule has 0 bridgehead atoms. The first-order chi connectivity index (χ1) is 13.5. The van der Waals surface area contributed by atoms with Crippen LogP contribution in [-0.2, 0) is 10.8 Å². The highest BCUT2D eigenvalue weighted by Crippen LogP contribution is 2.25. The van der Waals surface area contributed by atoms with Gasteiger partial charge in [-0.15, -0.1) is 0 Å². The van der Waals surface area contributed by atoms with Crippen LogP contribution in [0, 0.1) is 20.8 Å². The van der Waals surface area contributed by atoms with Crippen molar-refractivity contribution in [2.24, 2.45) is 0 Å². The molecule has 0 amide bonds. The molecule has 0 spiro atoms. The van der Waals surface area contributed by atoms with Gasteiger partial charge in [0, 0.05) is 21.6 Å². The van der Waals surface area contributed by atoms with Crippen LogP contribution >= 0.6 is 0 Å². The van der Waals surface area contributed by atoms with Crippen LogP contribution in [0.1, 0.15) is 16.7 Å². The van der Waals surface area contributed by atoms with E-state index >= 15 is 0 Å². The maximum Gasteiger partial charge on any atom is 0.0852 e. The minimum atomic E-state index is -1.18. The van der Waals surface area contributed by atoms with Gasteiger partial charge in [-0.05, 0) is 67.8 Å². The molecule has 1 unspecified atom stereocenters.